The van der Waals surface area contributed by atoms with Crippen molar-refractivity contribution >= 4 is 25.4 Å². The van der Waals surface area contributed by atoms with Crippen molar-refractivity contribution in [2.75, 3.05) is 13.7 Å². The monoisotopic (exact) mass is 447 g/mol. The summed E-state index contributed by atoms with van der Waals surface area (Å²) in [6.45, 7) is 14.4. The van der Waals surface area contributed by atoms with E-state index in [9.17, 15) is 0 Å². The molecule has 170 valence electrons. The molecule has 0 heterocycles. The van der Waals surface area contributed by atoms with E-state index in [4.69, 9.17) is 4.74 Å². The first-order chi connectivity index (χ1) is 15.1. The van der Waals surface area contributed by atoms with Gasteiger partial charge in [-0.1, -0.05) is 105 Å². The van der Waals surface area contributed by atoms with Gasteiger partial charge < -0.3 is 4.74 Å². The quantitative estimate of drug-likeness (QED) is 0.367. The predicted molar refractivity (Wildman–Crippen MR) is 143 cm³/mol. The van der Waals surface area contributed by atoms with Gasteiger partial charge in [-0.05, 0) is 39.7 Å². The second-order valence-corrected chi connectivity index (χ2v) is 11.9. The fourth-order valence-electron chi connectivity index (χ4n) is 3.82. The Labute approximate surface area is 196 Å². The van der Waals surface area contributed by atoms with Gasteiger partial charge in [-0.25, -0.2) is 0 Å². The summed E-state index contributed by atoms with van der Waals surface area (Å²) in [5.41, 5.74) is 3.89. The number of ether oxygens (including phenoxy) is 1. The molecule has 0 radical (unpaired) electrons. The van der Waals surface area contributed by atoms with Gasteiger partial charge >= 0.3 is 0 Å². The Morgan fingerprint density at radius 3 is 2.38 bits per heavy atom. The average Bonchev–Trinajstić information content (AvgIpc) is 2.73. The number of rotatable bonds is 6. The van der Waals surface area contributed by atoms with Crippen molar-refractivity contribution in [3.8, 4) is 5.75 Å². The average molecular weight is 448 g/mol. The Morgan fingerprint density at radius 2 is 1.75 bits per heavy atom. The zero-order valence-corrected chi connectivity index (χ0v) is 21.7. The van der Waals surface area contributed by atoms with Crippen molar-refractivity contribution in [1.29, 1.82) is 0 Å². The summed E-state index contributed by atoms with van der Waals surface area (Å²) in [5.74, 6) is 1.49. The molecule has 0 N–H and O–H groups in total. The number of benzene rings is 2. The van der Waals surface area contributed by atoms with Gasteiger partial charge in [-0.15, -0.1) is 0 Å². The molecule has 0 amide bonds. The number of nitrogens with zero attached hydrogens (tertiary/aromatic N) is 1. The molecule has 2 nitrogen and oxygen atoms in total. The maximum Gasteiger partial charge on any atom is 0.130 e. The third kappa shape index (κ3) is 6.20. The van der Waals surface area contributed by atoms with Crippen molar-refractivity contribution in [2.24, 2.45) is 10.9 Å². The van der Waals surface area contributed by atoms with Crippen LogP contribution in [0.4, 0.5) is 0 Å². The molecule has 2 unspecified atom stereocenters. The molecule has 0 fully saturated rings. The van der Waals surface area contributed by atoms with Crippen LogP contribution in [0.25, 0.3) is 0 Å². The van der Waals surface area contributed by atoms with Crippen LogP contribution in [-0.4, -0.2) is 19.9 Å². The Balaban J connectivity index is 2.11. The highest BCUT2D eigenvalue weighted by atomic mass is 31.1. The van der Waals surface area contributed by atoms with Crippen LogP contribution in [0, 0.1) is 5.92 Å². The standard InChI is InChI=1S/C29H38NOP/c1-28(2,3)23-17-24(29(4,5)6)27(31-20-21-13-9-8-10-14-21)26(18-23)32-25-16-12-11-15-22(25)19-30-7/h8-13,15-19,21,32H,14,20H2,1-7H3/b30-19+. The molecule has 1 aliphatic carbocycles. The van der Waals surface area contributed by atoms with E-state index in [0.29, 0.717) is 21.1 Å². The highest BCUT2D eigenvalue weighted by Crippen LogP contribution is 2.37. The normalized spacial score (nSPS) is 17.0. The van der Waals surface area contributed by atoms with Gasteiger partial charge in [-0.3, -0.25) is 4.99 Å². The van der Waals surface area contributed by atoms with Crippen LogP contribution in [0.15, 0.2) is 65.7 Å². The van der Waals surface area contributed by atoms with E-state index < -0.39 is 0 Å². The lowest BCUT2D eigenvalue weighted by Gasteiger charge is -2.30. The smallest absolute Gasteiger partial charge is 0.130 e. The molecule has 3 rings (SSSR count). The van der Waals surface area contributed by atoms with E-state index in [2.05, 4.69) is 107 Å². The van der Waals surface area contributed by atoms with Gasteiger partial charge in [0, 0.05) is 30.0 Å². The third-order valence-electron chi connectivity index (χ3n) is 5.77. The Kier molecular flexibility index (Phi) is 7.78. The van der Waals surface area contributed by atoms with Crippen molar-refractivity contribution in [1.82, 2.24) is 0 Å². The first-order valence-electron chi connectivity index (χ1n) is 11.5. The van der Waals surface area contributed by atoms with E-state index in [1.807, 2.05) is 13.3 Å². The van der Waals surface area contributed by atoms with Gasteiger partial charge in [0.1, 0.15) is 5.75 Å². The van der Waals surface area contributed by atoms with Gasteiger partial charge in [-0.2, -0.15) is 0 Å². The molecule has 0 bridgehead atoms. The van der Waals surface area contributed by atoms with Crippen molar-refractivity contribution in [2.45, 2.75) is 58.8 Å². The minimum absolute atomic E-state index is 0.0114. The first kappa shape index (κ1) is 24.5. The molecule has 0 saturated carbocycles. The zero-order valence-electron chi connectivity index (χ0n) is 20.7. The SMILES string of the molecule is C/N=C/c1ccccc1Pc1cc(C(C)(C)C)cc(C(C)(C)C)c1OCC1C=CC=CC1. The van der Waals surface area contributed by atoms with Gasteiger partial charge in [0.05, 0.1) is 6.61 Å². The second-order valence-electron chi connectivity index (χ2n) is 10.6. The second kappa shape index (κ2) is 10.2. The minimum Gasteiger partial charge on any atom is -0.492 e. The summed E-state index contributed by atoms with van der Waals surface area (Å²) >= 11 is 0. The van der Waals surface area contributed by atoms with E-state index in [-0.39, 0.29) is 10.8 Å². The molecule has 0 aliphatic heterocycles. The van der Waals surface area contributed by atoms with Crippen LogP contribution >= 0.6 is 8.58 Å². The Morgan fingerprint density at radius 1 is 1.00 bits per heavy atom. The number of hydrogen-bond donors (Lipinski definition) is 0. The third-order valence-corrected chi connectivity index (χ3v) is 7.14. The van der Waals surface area contributed by atoms with Crippen LogP contribution in [0.2, 0.25) is 0 Å². The highest BCUT2D eigenvalue weighted by Gasteiger charge is 2.27. The molecule has 0 saturated heterocycles. The molecule has 0 aromatic heterocycles. The summed E-state index contributed by atoms with van der Waals surface area (Å²) in [4.78, 5) is 4.28. The van der Waals surface area contributed by atoms with Crippen LogP contribution < -0.4 is 15.3 Å². The van der Waals surface area contributed by atoms with E-state index >= 15 is 0 Å². The molecule has 0 spiro atoms. The highest BCUT2D eigenvalue weighted by molar-refractivity contribution is 7.56. The van der Waals surface area contributed by atoms with E-state index in [1.165, 1.54) is 27.3 Å². The van der Waals surface area contributed by atoms with Crippen LogP contribution in [0.1, 0.15) is 64.7 Å². The molecule has 2 aromatic carbocycles. The van der Waals surface area contributed by atoms with Crippen LogP contribution in [0.5, 0.6) is 5.75 Å². The number of allylic oxidation sites excluding steroid dienone is 3. The summed E-state index contributed by atoms with van der Waals surface area (Å²) in [5, 5.41) is 2.59. The van der Waals surface area contributed by atoms with Crippen molar-refractivity contribution in [3.05, 3.63) is 77.4 Å². The maximum atomic E-state index is 6.66. The predicted octanol–water partition coefficient (Wildman–Crippen LogP) is 6.47. The largest absolute Gasteiger partial charge is 0.492 e. The summed E-state index contributed by atoms with van der Waals surface area (Å²) in [6.07, 6.45) is 11.7. The summed E-state index contributed by atoms with van der Waals surface area (Å²) in [7, 11) is 2.34. The van der Waals surface area contributed by atoms with E-state index in [1.54, 1.807) is 0 Å². The van der Waals surface area contributed by atoms with Crippen LogP contribution in [0.3, 0.4) is 0 Å². The molecular weight excluding hydrogens is 409 g/mol. The zero-order chi connectivity index (χ0) is 23.4. The van der Waals surface area contributed by atoms with Gasteiger partial charge in [0.25, 0.3) is 0 Å². The lowest BCUT2D eigenvalue weighted by atomic mass is 9.80. The van der Waals surface area contributed by atoms with Crippen LogP contribution in [-0.2, 0) is 10.8 Å². The Bertz CT molecular complexity index is 1020. The van der Waals surface area contributed by atoms with Gasteiger partial charge in [0.15, 0.2) is 0 Å². The van der Waals surface area contributed by atoms with Crippen molar-refractivity contribution in [3.63, 3.8) is 0 Å². The summed E-state index contributed by atoms with van der Waals surface area (Å²) < 4.78 is 6.66. The van der Waals surface area contributed by atoms with E-state index in [0.717, 1.165) is 12.2 Å². The van der Waals surface area contributed by atoms with Gasteiger partial charge in [0.2, 0.25) is 0 Å². The van der Waals surface area contributed by atoms with Crippen molar-refractivity contribution < 1.29 is 4.74 Å². The fourth-order valence-corrected chi connectivity index (χ4v) is 5.13. The number of aliphatic imine (C=N–C) groups is 1. The lowest BCUT2D eigenvalue weighted by molar-refractivity contribution is 0.271. The molecule has 2 aromatic rings. The fraction of sp³-hybridized carbons (Fsp3) is 0.414. The first-order valence-corrected chi connectivity index (χ1v) is 12.5. The topological polar surface area (TPSA) is 21.6 Å². The minimum atomic E-state index is -0.0114. The maximum absolute atomic E-state index is 6.66. The number of hydrogen-bond acceptors (Lipinski definition) is 2. The molecule has 1 aliphatic rings. The molecule has 3 heteroatoms. The lowest BCUT2D eigenvalue weighted by Crippen LogP contribution is -2.24. The molecule has 2 atom stereocenters. The Hall–Kier alpha value is -2.18. The molecular formula is C29H38NOP. The molecule has 32 heavy (non-hydrogen) atoms. The summed E-state index contributed by atoms with van der Waals surface area (Å²) in [6, 6.07) is 13.3.